The predicted octanol–water partition coefficient (Wildman–Crippen LogP) is 1.86. The Bertz CT molecular complexity index is 538. The minimum absolute atomic E-state index is 0.232. The molecule has 5 nitrogen and oxygen atoms in total. The number of rotatable bonds is 4. The third-order valence-electron chi connectivity index (χ3n) is 2.23. The highest BCUT2D eigenvalue weighted by Crippen LogP contribution is 2.24. The summed E-state index contributed by atoms with van der Waals surface area (Å²) in [4.78, 5) is 8.43. The Labute approximate surface area is 103 Å². The van der Waals surface area contributed by atoms with E-state index in [2.05, 4.69) is 15.1 Å². The van der Waals surface area contributed by atoms with Crippen molar-refractivity contribution in [2.24, 2.45) is 10.9 Å². The fraction of sp³-hybridized carbons (Fsp3) is 0.182. The van der Waals surface area contributed by atoms with Crippen molar-refractivity contribution in [1.82, 2.24) is 9.97 Å². The summed E-state index contributed by atoms with van der Waals surface area (Å²) < 4.78 is 0. The van der Waals surface area contributed by atoms with E-state index in [0.29, 0.717) is 6.42 Å². The second-order valence-electron chi connectivity index (χ2n) is 3.39. The second-order valence-corrected chi connectivity index (χ2v) is 4.47. The molecule has 0 atom stereocenters. The number of amidine groups is 1. The largest absolute Gasteiger partial charge is 0.409 e. The number of hydrogen-bond acceptors (Lipinski definition) is 5. The molecule has 1 aromatic heterocycles. The number of nitrogens with two attached hydrogens (primary N) is 1. The normalized spacial score (nSPS) is 11.9. The van der Waals surface area contributed by atoms with E-state index in [4.69, 9.17) is 10.9 Å². The van der Waals surface area contributed by atoms with E-state index in [1.54, 1.807) is 18.1 Å². The first kappa shape index (κ1) is 11.7. The third-order valence-corrected chi connectivity index (χ3v) is 3.24. The first-order valence-corrected chi connectivity index (χ1v) is 6.09. The summed E-state index contributed by atoms with van der Waals surface area (Å²) in [7, 11) is 0. The molecule has 0 bridgehead atoms. The summed E-state index contributed by atoms with van der Waals surface area (Å²) >= 11 is 1.57. The molecule has 3 N–H and O–H groups in total. The zero-order valence-corrected chi connectivity index (χ0v) is 9.89. The van der Waals surface area contributed by atoms with Crippen LogP contribution in [0.5, 0.6) is 0 Å². The summed E-state index contributed by atoms with van der Waals surface area (Å²) in [6.45, 7) is 0. The Balaban J connectivity index is 2.13. The van der Waals surface area contributed by atoms with E-state index in [1.807, 2.05) is 24.3 Å². The van der Waals surface area contributed by atoms with E-state index >= 15 is 0 Å². The molecule has 0 aliphatic heterocycles. The van der Waals surface area contributed by atoms with Crippen LogP contribution in [0.4, 0.5) is 0 Å². The van der Waals surface area contributed by atoms with E-state index in [1.165, 1.54) is 0 Å². The van der Waals surface area contributed by atoms with Gasteiger partial charge in [0.2, 0.25) is 0 Å². The molecule has 2 rings (SSSR count). The molecule has 0 aliphatic rings. The fourth-order valence-electron chi connectivity index (χ4n) is 1.40. The predicted molar refractivity (Wildman–Crippen MR) is 68.3 cm³/mol. The quantitative estimate of drug-likeness (QED) is 0.215. The molecule has 0 aliphatic carbocycles. The molecule has 0 saturated carbocycles. The van der Waals surface area contributed by atoms with Gasteiger partial charge in [0.05, 0.1) is 5.52 Å². The molecular formula is C11H12N4OS. The Morgan fingerprint density at radius 1 is 1.35 bits per heavy atom. The SMILES string of the molecule is N/C(CCSc1ncnc2ccccc12)=N\O. The van der Waals surface area contributed by atoms with Crippen LogP contribution < -0.4 is 5.73 Å². The molecule has 0 spiro atoms. The van der Waals surface area contributed by atoms with E-state index < -0.39 is 0 Å². The van der Waals surface area contributed by atoms with E-state index in [9.17, 15) is 0 Å². The van der Waals surface area contributed by atoms with Crippen molar-refractivity contribution in [1.29, 1.82) is 0 Å². The van der Waals surface area contributed by atoms with Crippen LogP contribution in [0.1, 0.15) is 6.42 Å². The van der Waals surface area contributed by atoms with Gasteiger partial charge >= 0.3 is 0 Å². The summed E-state index contributed by atoms with van der Waals surface area (Å²) in [5, 5.41) is 13.3. The molecule has 0 saturated heterocycles. The second kappa shape index (κ2) is 5.49. The highest BCUT2D eigenvalue weighted by atomic mass is 32.2. The van der Waals surface area contributed by atoms with E-state index in [0.717, 1.165) is 21.7 Å². The van der Waals surface area contributed by atoms with E-state index in [-0.39, 0.29) is 5.84 Å². The molecule has 17 heavy (non-hydrogen) atoms. The van der Waals surface area contributed by atoms with Crippen molar-refractivity contribution in [2.75, 3.05) is 5.75 Å². The maximum atomic E-state index is 8.43. The van der Waals surface area contributed by atoms with Crippen molar-refractivity contribution in [3.05, 3.63) is 30.6 Å². The lowest BCUT2D eigenvalue weighted by Gasteiger charge is -2.03. The average Bonchev–Trinajstić information content (AvgIpc) is 2.39. The van der Waals surface area contributed by atoms with Gasteiger partial charge in [0, 0.05) is 17.6 Å². The van der Waals surface area contributed by atoms with Crippen LogP contribution in [0, 0.1) is 0 Å². The van der Waals surface area contributed by atoms with Crippen molar-refractivity contribution in [2.45, 2.75) is 11.4 Å². The molecule has 0 radical (unpaired) electrons. The lowest BCUT2D eigenvalue weighted by molar-refractivity contribution is 0.317. The van der Waals surface area contributed by atoms with Crippen LogP contribution in [0.2, 0.25) is 0 Å². The lowest BCUT2D eigenvalue weighted by atomic mass is 10.2. The fourth-order valence-corrected chi connectivity index (χ4v) is 2.35. The molecule has 1 heterocycles. The maximum Gasteiger partial charge on any atom is 0.139 e. The Hall–Kier alpha value is -1.82. The summed E-state index contributed by atoms with van der Waals surface area (Å²) in [6, 6.07) is 7.84. The number of fused-ring (bicyclic) bond motifs is 1. The number of aromatic nitrogens is 2. The van der Waals surface area contributed by atoms with Gasteiger partial charge in [-0.15, -0.1) is 11.8 Å². The highest BCUT2D eigenvalue weighted by Gasteiger charge is 2.03. The van der Waals surface area contributed by atoms with Gasteiger partial charge in [-0.2, -0.15) is 0 Å². The Kier molecular flexibility index (Phi) is 3.77. The van der Waals surface area contributed by atoms with Gasteiger partial charge in [-0.25, -0.2) is 9.97 Å². The Morgan fingerprint density at radius 3 is 3.00 bits per heavy atom. The van der Waals surface area contributed by atoms with Gasteiger partial charge in [0.15, 0.2) is 0 Å². The van der Waals surface area contributed by atoms with Gasteiger partial charge in [0.25, 0.3) is 0 Å². The number of benzene rings is 1. The summed E-state index contributed by atoms with van der Waals surface area (Å²) in [5.74, 6) is 0.951. The molecule has 0 unspecified atom stereocenters. The van der Waals surface area contributed by atoms with Gasteiger partial charge in [-0.05, 0) is 6.07 Å². The minimum Gasteiger partial charge on any atom is -0.409 e. The van der Waals surface area contributed by atoms with Gasteiger partial charge in [0.1, 0.15) is 17.2 Å². The lowest BCUT2D eigenvalue weighted by Crippen LogP contribution is -2.12. The van der Waals surface area contributed by atoms with Crippen LogP contribution in [-0.2, 0) is 0 Å². The van der Waals surface area contributed by atoms with Gasteiger partial charge in [-0.3, -0.25) is 0 Å². The Morgan fingerprint density at radius 2 is 2.18 bits per heavy atom. The zero-order chi connectivity index (χ0) is 12.1. The number of hydrogen-bond donors (Lipinski definition) is 2. The summed E-state index contributed by atoms with van der Waals surface area (Å²) in [5.41, 5.74) is 6.33. The first-order valence-electron chi connectivity index (χ1n) is 5.10. The molecule has 6 heteroatoms. The number of para-hydroxylation sites is 1. The van der Waals surface area contributed by atoms with Crippen molar-refractivity contribution in [3.8, 4) is 0 Å². The molecule has 88 valence electrons. The maximum absolute atomic E-state index is 8.43. The number of thioether (sulfide) groups is 1. The van der Waals surface area contributed by atoms with Gasteiger partial charge < -0.3 is 10.9 Å². The first-order chi connectivity index (χ1) is 8.31. The molecule has 1 aromatic carbocycles. The van der Waals surface area contributed by atoms with Crippen LogP contribution in [0.3, 0.4) is 0 Å². The van der Waals surface area contributed by atoms with Crippen LogP contribution >= 0.6 is 11.8 Å². The van der Waals surface area contributed by atoms with Crippen LogP contribution in [-0.4, -0.2) is 26.8 Å². The van der Waals surface area contributed by atoms with Crippen molar-refractivity contribution >= 4 is 28.5 Å². The monoisotopic (exact) mass is 248 g/mol. The number of nitrogens with zero attached hydrogens (tertiary/aromatic N) is 3. The van der Waals surface area contributed by atoms with Crippen LogP contribution in [0.25, 0.3) is 10.9 Å². The van der Waals surface area contributed by atoms with Gasteiger partial charge in [-0.1, -0.05) is 23.4 Å². The standard InChI is InChI=1S/C11H12N4OS/c12-10(15-16)5-6-17-11-8-3-1-2-4-9(8)13-7-14-11/h1-4,7,16H,5-6H2,(H2,12,15). The number of oxime groups is 1. The molecular weight excluding hydrogens is 236 g/mol. The molecule has 0 amide bonds. The smallest absolute Gasteiger partial charge is 0.139 e. The molecule has 2 aromatic rings. The molecule has 0 fully saturated rings. The van der Waals surface area contributed by atoms with Crippen LogP contribution in [0.15, 0.2) is 40.8 Å². The van der Waals surface area contributed by atoms with Crippen molar-refractivity contribution < 1.29 is 5.21 Å². The topological polar surface area (TPSA) is 84.4 Å². The zero-order valence-electron chi connectivity index (χ0n) is 9.08. The third kappa shape index (κ3) is 2.85. The summed E-state index contributed by atoms with van der Waals surface area (Å²) in [6.07, 6.45) is 2.08. The minimum atomic E-state index is 0.232. The average molecular weight is 248 g/mol. The highest BCUT2D eigenvalue weighted by molar-refractivity contribution is 7.99. The van der Waals surface area contributed by atoms with Crippen molar-refractivity contribution in [3.63, 3.8) is 0 Å².